The Labute approximate surface area is 136 Å². The molecule has 0 atom stereocenters. The first-order valence-corrected chi connectivity index (χ1v) is 8.04. The van der Waals surface area contributed by atoms with E-state index in [1.807, 2.05) is 60.9 Å². The molecular formula is C20H22N2O. The molecular weight excluding hydrogens is 284 g/mol. The maximum absolute atomic E-state index is 13.2. The van der Waals surface area contributed by atoms with E-state index in [-0.39, 0.29) is 5.56 Å². The molecule has 0 saturated carbocycles. The lowest BCUT2D eigenvalue weighted by molar-refractivity contribution is 0.689. The van der Waals surface area contributed by atoms with Crippen molar-refractivity contribution < 1.29 is 0 Å². The van der Waals surface area contributed by atoms with Gasteiger partial charge in [-0.15, -0.1) is 0 Å². The van der Waals surface area contributed by atoms with E-state index in [4.69, 9.17) is 0 Å². The van der Waals surface area contributed by atoms with E-state index >= 15 is 0 Å². The standard InChI is InChI=1S/C20H22N2O/c1-4-21-13-17-12-16-10-7-9-15(3)19(16)20(23)22(17)18-11-6-5-8-14(18)2/h5-12,21H,4,13H2,1-3H3. The van der Waals surface area contributed by atoms with Crippen LogP contribution in [0.25, 0.3) is 16.5 Å². The van der Waals surface area contributed by atoms with Crippen molar-refractivity contribution in [1.82, 2.24) is 9.88 Å². The molecule has 0 unspecified atom stereocenters. The maximum Gasteiger partial charge on any atom is 0.263 e. The first-order valence-electron chi connectivity index (χ1n) is 8.04. The fourth-order valence-corrected chi connectivity index (χ4v) is 3.05. The largest absolute Gasteiger partial charge is 0.311 e. The van der Waals surface area contributed by atoms with Crippen molar-refractivity contribution in [2.24, 2.45) is 0 Å². The van der Waals surface area contributed by atoms with Crippen LogP contribution in [0.4, 0.5) is 0 Å². The van der Waals surface area contributed by atoms with E-state index < -0.39 is 0 Å². The molecule has 0 aliphatic carbocycles. The lowest BCUT2D eigenvalue weighted by atomic mass is 10.1. The quantitative estimate of drug-likeness (QED) is 0.797. The van der Waals surface area contributed by atoms with Crippen LogP contribution in [0.15, 0.2) is 53.3 Å². The summed E-state index contributed by atoms with van der Waals surface area (Å²) in [6, 6.07) is 16.2. The van der Waals surface area contributed by atoms with Crippen LogP contribution >= 0.6 is 0 Å². The van der Waals surface area contributed by atoms with Crippen LogP contribution in [0.3, 0.4) is 0 Å². The molecule has 0 radical (unpaired) electrons. The third-order valence-electron chi connectivity index (χ3n) is 4.24. The van der Waals surface area contributed by atoms with Crippen LogP contribution in [0, 0.1) is 13.8 Å². The zero-order chi connectivity index (χ0) is 16.4. The second kappa shape index (κ2) is 6.39. The number of hydrogen-bond donors (Lipinski definition) is 1. The lowest BCUT2D eigenvalue weighted by Crippen LogP contribution is -2.26. The van der Waals surface area contributed by atoms with Gasteiger partial charge in [-0.25, -0.2) is 0 Å². The van der Waals surface area contributed by atoms with Crippen molar-refractivity contribution in [3.63, 3.8) is 0 Å². The molecule has 3 aromatic rings. The third kappa shape index (κ3) is 2.80. The monoisotopic (exact) mass is 306 g/mol. The number of rotatable bonds is 4. The first-order chi connectivity index (χ1) is 11.1. The molecule has 0 aliphatic heterocycles. The van der Waals surface area contributed by atoms with Crippen LogP contribution in [-0.2, 0) is 6.54 Å². The highest BCUT2D eigenvalue weighted by atomic mass is 16.1. The number of hydrogen-bond acceptors (Lipinski definition) is 2. The van der Waals surface area contributed by atoms with Gasteiger partial charge in [-0.05, 0) is 49.0 Å². The number of nitrogens with one attached hydrogen (secondary N) is 1. The number of pyridine rings is 1. The maximum atomic E-state index is 13.2. The molecule has 0 spiro atoms. The summed E-state index contributed by atoms with van der Waals surface area (Å²) in [6.07, 6.45) is 0. The van der Waals surface area contributed by atoms with Crippen LogP contribution < -0.4 is 10.9 Å². The average molecular weight is 306 g/mol. The molecule has 3 nitrogen and oxygen atoms in total. The Balaban J connectivity index is 2.37. The zero-order valence-corrected chi connectivity index (χ0v) is 13.9. The highest BCUT2D eigenvalue weighted by Crippen LogP contribution is 2.20. The van der Waals surface area contributed by atoms with Gasteiger partial charge >= 0.3 is 0 Å². The van der Waals surface area contributed by atoms with Gasteiger partial charge in [0.2, 0.25) is 0 Å². The Morgan fingerprint density at radius 1 is 1.00 bits per heavy atom. The molecule has 1 aromatic heterocycles. The zero-order valence-electron chi connectivity index (χ0n) is 13.9. The van der Waals surface area contributed by atoms with Gasteiger partial charge in [-0.1, -0.05) is 43.3 Å². The third-order valence-corrected chi connectivity index (χ3v) is 4.24. The highest BCUT2D eigenvalue weighted by molar-refractivity contribution is 5.85. The smallest absolute Gasteiger partial charge is 0.263 e. The highest BCUT2D eigenvalue weighted by Gasteiger charge is 2.13. The summed E-state index contributed by atoms with van der Waals surface area (Å²) < 4.78 is 1.85. The second-order valence-corrected chi connectivity index (χ2v) is 5.88. The van der Waals surface area contributed by atoms with Gasteiger partial charge in [-0.3, -0.25) is 9.36 Å². The molecule has 0 aliphatic rings. The molecule has 1 heterocycles. The molecule has 1 N–H and O–H groups in total. The van der Waals surface area contributed by atoms with E-state index in [9.17, 15) is 4.79 Å². The molecule has 3 heteroatoms. The average Bonchev–Trinajstić information content (AvgIpc) is 2.54. The van der Waals surface area contributed by atoms with Crippen LogP contribution in [0.2, 0.25) is 0 Å². The Morgan fingerprint density at radius 2 is 1.74 bits per heavy atom. The summed E-state index contributed by atoms with van der Waals surface area (Å²) in [4.78, 5) is 13.2. The van der Waals surface area contributed by atoms with Crippen molar-refractivity contribution in [3.8, 4) is 5.69 Å². The Hall–Kier alpha value is -2.39. The van der Waals surface area contributed by atoms with Crippen LogP contribution in [0.5, 0.6) is 0 Å². The van der Waals surface area contributed by atoms with Crippen molar-refractivity contribution in [3.05, 3.63) is 75.7 Å². The van der Waals surface area contributed by atoms with Crippen molar-refractivity contribution in [2.75, 3.05) is 6.54 Å². The van der Waals surface area contributed by atoms with Gasteiger partial charge in [0.15, 0.2) is 0 Å². The molecule has 0 saturated heterocycles. The predicted octanol–water partition coefficient (Wildman–Crippen LogP) is 3.72. The molecule has 0 amide bonds. The molecule has 2 aromatic carbocycles. The minimum atomic E-state index is 0.0582. The summed E-state index contributed by atoms with van der Waals surface area (Å²) in [5.41, 5.74) is 4.12. The van der Waals surface area contributed by atoms with Crippen molar-refractivity contribution in [1.29, 1.82) is 0 Å². The molecule has 0 bridgehead atoms. The fourth-order valence-electron chi connectivity index (χ4n) is 3.05. The Kier molecular flexibility index (Phi) is 4.30. The van der Waals surface area contributed by atoms with E-state index in [1.165, 1.54) is 0 Å². The summed E-state index contributed by atoms with van der Waals surface area (Å²) in [7, 11) is 0. The fraction of sp³-hybridized carbons (Fsp3) is 0.250. The Morgan fingerprint density at radius 3 is 2.48 bits per heavy atom. The number of nitrogens with zero attached hydrogens (tertiary/aromatic N) is 1. The van der Waals surface area contributed by atoms with E-state index in [2.05, 4.69) is 18.3 Å². The summed E-state index contributed by atoms with van der Waals surface area (Å²) >= 11 is 0. The number of aryl methyl sites for hydroxylation is 2. The molecule has 118 valence electrons. The van der Waals surface area contributed by atoms with Gasteiger partial charge in [0.25, 0.3) is 5.56 Å². The minimum absolute atomic E-state index is 0.0582. The lowest BCUT2D eigenvalue weighted by Gasteiger charge is -2.17. The van der Waals surface area contributed by atoms with Crippen LogP contribution in [0.1, 0.15) is 23.7 Å². The molecule has 3 rings (SSSR count). The van der Waals surface area contributed by atoms with Gasteiger partial charge in [0.1, 0.15) is 0 Å². The van der Waals surface area contributed by atoms with E-state index in [0.717, 1.165) is 39.8 Å². The normalized spacial score (nSPS) is 11.1. The predicted molar refractivity (Wildman–Crippen MR) is 96.4 cm³/mol. The van der Waals surface area contributed by atoms with Gasteiger partial charge in [0.05, 0.1) is 11.1 Å². The SMILES string of the molecule is CCNCc1cc2cccc(C)c2c(=O)n1-c1ccccc1C. The summed E-state index contributed by atoms with van der Waals surface area (Å²) in [5.74, 6) is 0. The van der Waals surface area contributed by atoms with Gasteiger partial charge in [-0.2, -0.15) is 0 Å². The van der Waals surface area contributed by atoms with E-state index in [0.29, 0.717) is 6.54 Å². The summed E-state index contributed by atoms with van der Waals surface area (Å²) in [5, 5.41) is 5.15. The number of fused-ring (bicyclic) bond motifs is 1. The van der Waals surface area contributed by atoms with Crippen molar-refractivity contribution >= 4 is 10.8 Å². The number of aromatic nitrogens is 1. The topological polar surface area (TPSA) is 34.0 Å². The molecule has 0 fully saturated rings. The second-order valence-electron chi connectivity index (χ2n) is 5.88. The number of benzene rings is 2. The minimum Gasteiger partial charge on any atom is -0.311 e. The molecule has 23 heavy (non-hydrogen) atoms. The first kappa shape index (κ1) is 15.5. The van der Waals surface area contributed by atoms with Crippen molar-refractivity contribution in [2.45, 2.75) is 27.3 Å². The van der Waals surface area contributed by atoms with E-state index in [1.54, 1.807) is 0 Å². The Bertz CT molecular complexity index is 909. The van der Waals surface area contributed by atoms with Gasteiger partial charge in [0, 0.05) is 12.2 Å². The number of para-hydroxylation sites is 1. The summed E-state index contributed by atoms with van der Waals surface area (Å²) in [6.45, 7) is 7.65. The van der Waals surface area contributed by atoms with Crippen LogP contribution in [-0.4, -0.2) is 11.1 Å². The van der Waals surface area contributed by atoms with Gasteiger partial charge < -0.3 is 5.32 Å².